The number of carbonyl (C=O) groups is 1. The van der Waals surface area contributed by atoms with Gasteiger partial charge in [0.2, 0.25) is 0 Å². The van der Waals surface area contributed by atoms with Crippen LogP contribution >= 0.6 is 15.9 Å². The van der Waals surface area contributed by atoms with Gasteiger partial charge in [-0.3, -0.25) is 4.79 Å². The number of aryl methyl sites for hydroxylation is 1. The molecular weight excluding hydrogens is 340 g/mol. The van der Waals surface area contributed by atoms with E-state index < -0.39 is 17.5 Å². The molecule has 110 valence electrons. The SMILES string of the molecule is Cc1cc(C(=O)Nc2ccccc2C(C)Br)c(F)cc1F. The number of carbonyl (C=O) groups excluding carboxylic acids is 1. The van der Waals surface area contributed by atoms with E-state index in [0.717, 1.165) is 11.6 Å². The molecule has 0 radical (unpaired) electrons. The number of halogens is 3. The van der Waals surface area contributed by atoms with Crippen molar-refractivity contribution in [3.05, 3.63) is 64.7 Å². The molecule has 0 aliphatic heterocycles. The Labute approximate surface area is 130 Å². The number of rotatable bonds is 3. The molecule has 2 rings (SSSR count). The van der Waals surface area contributed by atoms with Crippen LogP contribution in [0.2, 0.25) is 0 Å². The topological polar surface area (TPSA) is 29.1 Å². The molecule has 0 spiro atoms. The first-order chi connectivity index (χ1) is 9.90. The number of nitrogens with one attached hydrogen (secondary N) is 1. The zero-order chi connectivity index (χ0) is 15.6. The molecule has 1 atom stereocenters. The summed E-state index contributed by atoms with van der Waals surface area (Å²) in [5, 5.41) is 2.66. The van der Waals surface area contributed by atoms with Gasteiger partial charge in [-0.25, -0.2) is 8.78 Å². The first kappa shape index (κ1) is 15.6. The van der Waals surface area contributed by atoms with Crippen LogP contribution in [0, 0.1) is 18.6 Å². The summed E-state index contributed by atoms with van der Waals surface area (Å²) >= 11 is 3.44. The summed E-state index contributed by atoms with van der Waals surface area (Å²) < 4.78 is 27.0. The summed E-state index contributed by atoms with van der Waals surface area (Å²) in [4.78, 5) is 12.2. The largest absolute Gasteiger partial charge is 0.322 e. The van der Waals surface area contributed by atoms with Crippen molar-refractivity contribution >= 4 is 27.5 Å². The molecule has 0 aromatic heterocycles. The van der Waals surface area contributed by atoms with Crippen molar-refractivity contribution in [3.8, 4) is 0 Å². The van der Waals surface area contributed by atoms with E-state index in [-0.39, 0.29) is 16.0 Å². The molecule has 1 N–H and O–H groups in total. The number of hydrogen-bond acceptors (Lipinski definition) is 1. The standard InChI is InChI=1S/C16H14BrF2NO/c1-9-7-12(14(19)8-13(9)18)16(21)20-15-6-4-3-5-11(15)10(2)17/h3-8,10H,1-2H3,(H,20,21). The first-order valence-electron chi connectivity index (χ1n) is 6.40. The van der Waals surface area contributed by atoms with Crippen LogP contribution in [-0.4, -0.2) is 5.91 Å². The van der Waals surface area contributed by atoms with E-state index in [1.165, 1.54) is 13.0 Å². The van der Waals surface area contributed by atoms with Crippen molar-refractivity contribution in [2.75, 3.05) is 5.32 Å². The van der Waals surface area contributed by atoms with Crippen LogP contribution in [0.25, 0.3) is 0 Å². The average molecular weight is 354 g/mol. The fourth-order valence-corrected chi connectivity index (χ4v) is 2.38. The Kier molecular flexibility index (Phi) is 4.73. The molecule has 0 bridgehead atoms. The van der Waals surface area contributed by atoms with Crippen LogP contribution in [0.5, 0.6) is 0 Å². The maximum absolute atomic E-state index is 13.7. The molecule has 0 heterocycles. The lowest BCUT2D eigenvalue weighted by atomic mass is 10.1. The van der Waals surface area contributed by atoms with Crippen molar-refractivity contribution in [2.45, 2.75) is 18.7 Å². The first-order valence-corrected chi connectivity index (χ1v) is 7.31. The summed E-state index contributed by atoms with van der Waals surface area (Å²) in [7, 11) is 0. The summed E-state index contributed by atoms with van der Waals surface area (Å²) in [6.45, 7) is 3.41. The number of hydrogen-bond donors (Lipinski definition) is 1. The number of amides is 1. The molecule has 0 aliphatic carbocycles. The van der Waals surface area contributed by atoms with E-state index in [1.54, 1.807) is 12.1 Å². The van der Waals surface area contributed by atoms with E-state index in [2.05, 4.69) is 21.2 Å². The minimum atomic E-state index is -0.875. The highest BCUT2D eigenvalue weighted by atomic mass is 79.9. The summed E-state index contributed by atoms with van der Waals surface area (Å²) in [6.07, 6.45) is 0. The Hall–Kier alpha value is -1.75. The third kappa shape index (κ3) is 3.47. The zero-order valence-electron chi connectivity index (χ0n) is 11.6. The highest BCUT2D eigenvalue weighted by Gasteiger charge is 2.16. The van der Waals surface area contributed by atoms with Crippen LogP contribution in [0.1, 0.15) is 33.2 Å². The predicted molar refractivity (Wildman–Crippen MR) is 82.8 cm³/mol. The van der Waals surface area contributed by atoms with Crippen molar-refractivity contribution in [1.82, 2.24) is 0 Å². The molecule has 1 amide bonds. The number of alkyl halides is 1. The van der Waals surface area contributed by atoms with Gasteiger partial charge in [0, 0.05) is 16.6 Å². The summed E-state index contributed by atoms with van der Waals surface area (Å²) in [5.74, 6) is -2.14. The molecule has 5 heteroatoms. The van der Waals surface area contributed by atoms with Gasteiger partial charge in [-0.1, -0.05) is 34.1 Å². The average Bonchev–Trinajstić information content (AvgIpc) is 2.43. The third-order valence-electron chi connectivity index (χ3n) is 3.13. The molecule has 21 heavy (non-hydrogen) atoms. The minimum Gasteiger partial charge on any atom is -0.322 e. The second kappa shape index (κ2) is 6.35. The second-order valence-electron chi connectivity index (χ2n) is 4.74. The Morgan fingerprint density at radius 3 is 2.52 bits per heavy atom. The number of benzene rings is 2. The number of para-hydroxylation sites is 1. The van der Waals surface area contributed by atoms with E-state index in [0.29, 0.717) is 5.69 Å². The zero-order valence-corrected chi connectivity index (χ0v) is 13.2. The Morgan fingerprint density at radius 1 is 1.19 bits per heavy atom. The van der Waals surface area contributed by atoms with Gasteiger partial charge in [-0.05, 0) is 37.1 Å². The van der Waals surface area contributed by atoms with Crippen LogP contribution in [0.15, 0.2) is 36.4 Å². The quantitative estimate of drug-likeness (QED) is 0.774. The van der Waals surface area contributed by atoms with Crippen LogP contribution < -0.4 is 5.32 Å². The molecule has 2 aromatic carbocycles. The lowest BCUT2D eigenvalue weighted by Gasteiger charge is -2.13. The van der Waals surface area contributed by atoms with E-state index in [4.69, 9.17) is 0 Å². The van der Waals surface area contributed by atoms with E-state index >= 15 is 0 Å². The van der Waals surface area contributed by atoms with Gasteiger partial charge in [0.15, 0.2) is 0 Å². The second-order valence-corrected chi connectivity index (χ2v) is 6.11. The highest BCUT2D eigenvalue weighted by Crippen LogP contribution is 2.29. The van der Waals surface area contributed by atoms with E-state index in [9.17, 15) is 13.6 Å². The van der Waals surface area contributed by atoms with Crippen molar-refractivity contribution in [3.63, 3.8) is 0 Å². The van der Waals surface area contributed by atoms with E-state index in [1.807, 2.05) is 19.1 Å². The maximum Gasteiger partial charge on any atom is 0.258 e. The number of anilines is 1. The third-order valence-corrected chi connectivity index (χ3v) is 3.62. The van der Waals surface area contributed by atoms with Crippen molar-refractivity contribution in [1.29, 1.82) is 0 Å². The van der Waals surface area contributed by atoms with Crippen LogP contribution in [0.3, 0.4) is 0 Å². The fourth-order valence-electron chi connectivity index (χ4n) is 1.98. The van der Waals surface area contributed by atoms with Crippen LogP contribution in [0.4, 0.5) is 14.5 Å². The van der Waals surface area contributed by atoms with Gasteiger partial charge in [0.05, 0.1) is 5.56 Å². The van der Waals surface area contributed by atoms with Gasteiger partial charge in [0.25, 0.3) is 5.91 Å². The predicted octanol–water partition coefficient (Wildman–Crippen LogP) is 4.98. The smallest absolute Gasteiger partial charge is 0.258 e. The summed E-state index contributed by atoms with van der Waals surface area (Å²) in [5.41, 5.74) is 1.52. The van der Waals surface area contributed by atoms with Crippen molar-refractivity contribution < 1.29 is 13.6 Å². The Balaban J connectivity index is 2.33. The molecule has 0 saturated carbocycles. The van der Waals surface area contributed by atoms with Crippen molar-refractivity contribution in [2.24, 2.45) is 0 Å². The van der Waals surface area contributed by atoms with Crippen LogP contribution in [-0.2, 0) is 0 Å². The molecule has 2 aromatic rings. The normalized spacial score (nSPS) is 12.0. The molecule has 2 nitrogen and oxygen atoms in total. The molecule has 0 saturated heterocycles. The lowest BCUT2D eigenvalue weighted by molar-refractivity contribution is 0.102. The van der Waals surface area contributed by atoms with Gasteiger partial charge in [0.1, 0.15) is 11.6 Å². The molecule has 0 fully saturated rings. The van der Waals surface area contributed by atoms with Gasteiger partial charge >= 0.3 is 0 Å². The molecule has 0 aliphatic rings. The van der Waals surface area contributed by atoms with Gasteiger partial charge in [-0.15, -0.1) is 0 Å². The Morgan fingerprint density at radius 2 is 1.86 bits per heavy atom. The summed E-state index contributed by atoms with van der Waals surface area (Å²) in [6, 6.07) is 9.16. The lowest BCUT2D eigenvalue weighted by Crippen LogP contribution is -2.15. The minimum absolute atomic E-state index is 0.0359. The van der Waals surface area contributed by atoms with Gasteiger partial charge < -0.3 is 5.32 Å². The highest BCUT2D eigenvalue weighted by molar-refractivity contribution is 9.09. The van der Waals surface area contributed by atoms with Gasteiger partial charge in [-0.2, -0.15) is 0 Å². The molecular formula is C16H14BrF2NO. The Bertz CT molecular complexity index is 686. The fraction of sp³-hybridized carbons (Fsp3) is 0.188. The maximum atomic E-state index is 13.7. The molecule has 1 unspecified atom stereocenters. The monoisotopic (exact) mass is 353 g/mol.